The van der Waals surface area contributed by atoms with Crippen molar-refractivity contribution < 1.29 is 26.4 Å². The quantitative estimate of drug-likeness (QED) is 0.603. The Kier molecular flexibility index (Phi) is 9.04. The van der Waals surface area contributed by atoms with Gasteiger partial charge in [0.25, 0.3) is 5.91 Å². The number of carbonyl (C=O) groups is 1. The van der Waals surface area contributed by atoms with Gasteiger partial charge in [0.05, 0.1) is 4.90 Å². The molecular weight excluding hydrogens is 395 g/mol. The summed E-state index contributed by atoms with van der Waals surface area (Å²) < 4.78 is 63.1. The number of carbonyl (C=O) groups excluding carboxylic acids is 1. The van der Waals surface area contributed by atoms with Crippen LogP contribution in [0.2, 0.25) is 0 Å². The number of benzene rings is 1. The van der Waals surface area contributed by atoms with Crippen LogP contribution in [0.4, 0.5) is 13.2 Å². The second-order valence-electron chi connectivity index (χ2n) is 5.72. The summed E-state index contributed by atoms with van der Waals surface area (Å²) in [6, 6.07) is 4.60. The zero-order chi connectivity index (χ0) is 19.3. The molecule has 0 fully saturated rings. The van der Waals surface area contributed by atoms with E-state index in [9.17, 15) is 26.4 Å². The molecule has 0 saturated carbocycles. The van der Waals surface area contributed by atoms with Crippen LogP contribution in [-0.4, -0.2) is 39.1 Å². The Morgan fingerprint density at radius 2 is 1.58 bits per heavy atom. The lowest BCUT2D eigenvalue weighted by Gasteiger charge is -2.26. The van der Waals surface area contributed by atoms with E-state index in [0.29, 0.717) is 12.8 Å². The molecule has 11 heteroatoms. The van der Waals surface area contributed by atoms with E-state index in [1.54, 1.807) is 5.32 Å². The summed E-state index contributed by atoms with van der Waals surface area (Å²) in [6.07, 6.45) is -3.34. The monoisotopic (exact) mass is 417 g/mol. The Balaban J connectivity index is 0.00000625. The van der Waals surface area contributed by atoms with E-state index in [2.05, 4.69) is 4.72 Å². The van der Waals surface area contributed by atoms with E-state index in [1.165, 1.54) is 0 Å². The molecule has 0 unspecified atom stereocenters. The third-order valence-electron chi connectivity index (χ3n) is 3.90. The third-order valence-corrected chi connectivity index (χ3v) is 5.32. The topological polar surface area (TPSA) is 101 Å². The van der Waals surface area contributed by atoms with Gasteiger partial charge in [-0.15, -0.1) is 12.4 Å². The maximum Gasteiger partial charge on any atom is 0.405 e. The van der Waals surface area contributed by atoms with Gasteiger partial charge in [-0.3, -0.25) is 4.79 Å². The summed E-state index contributed by atoms with van der Waals surface area (Å²) in [5.41, 5.74) is 5.31. The number of hydrogen-bond acceptors (Lipinski definition) is 4. The average Bonchev–Trinajstić information content (AvgIpc) is 2.57. The van der Waals surface area contributed by atoms with Gasteiger partial charge in [-0.05, 0) is 37.1 Å². The highest BCUT2D eigenvalue weighted by Crippen LogP contribution is 2.15. The second kappa shape index (κ2) is 9.54. The molecule has 0 spiro atoms. The Bertz CT molecular complexity index is 690. The van der Waals surface area contributed by atoms with Crippen LogP contribution in [0, 0.1) is 0 Å². The summed E-state index contributed by atoms with van der Waals surface area (Å²) >= 11 is 0. The Hall–Kier alpha value is -1.36. The number of halogens is 4. The van der Waals surface area contributed by atoms with Gasteiger partial charge < -0.3 is 11.1 Å². The lowest BCUT2D eigenvalue weighted by atomic mass is 9.95. The predicted molar refractivity (Wildman–Crippen MR) is 94.8 cm³/mol. The van der Waals surface area contributed by atoms with E-state index in [1.807, 2.05) is 13.8 Å². The standard InChI is InChI=1S/C15H22F3N3O3S.ClH/c1-3-14(19,4-2)9-21-25(23,24)12-7-5-11(6-8-12)13(22)20-10-15(16,17)18;/h5-8,21H,3-4,9-10,19H2,1-2H3,(H,20,22);1H. The van der Waals surface area contributed by atoms with Crippen molar-refractivity contribution in [3.8, 4) is 0 Å². The van der Waals surface area contributed by atoms with Crippen LogP contribution in [-0.2, 0) is 10.0 Å². The van der Waals surface area contributed by atoms with Crippen molar-refractivity contribution in [1.82, 2.24) is 10.0 Å². The van der Waals surface area contributed by atoms with E-state index in [4.69, 9.17) is 5.73 Å². The van der Waals surface area contributed by atoms with E-state index >= 15 is 0 Å². The highest BCUT2D eigenvalue weighted by molar-refractivity contribution is 7.89. The molecule has 0 radical (unpaired) electrons. The van der Waals surface area contributed by atoms with Crippen molar-refractivity contribution >= 4 is 28.3 Å². The third kappa shape index (κ3) is 7.48. The largest absolute Gasteiger partial charge is 0.405 e. The highest BCUT2D eigenvalue weighted by Gasteiger charge is 2.28. The molecule has 0 aliphatic carbocycles. The van der Waals surface area contributed by atoms with Crippen LogP contribution in [0.5, 0.6) is 0 Å². The normalized spacial score (nSPS) is 12.4. The summed E-state index contributed by atoms with van der Waals surface area (Å²) in [4.78, 5) is 11.5. The van der Waals surface area contributed by atoms with E-state index in [0.717, 1.165) is 24.3 Å². The summed E-state index contributed by atoms with van der Waals surface area (Å²) in [6.45, 7) is 2.30. The van der Waals surface area contributed by atoms with Gasteiger partial charge in [-0.2, -0.15) is 13.2 Å². The molecule has 0 aliphatic heterocycles. The van der Waals surface area contributed by atoms with Crippen LogP contribution in [0.1, 0.15) is 37.0 Å². The Labute approximate surface area is 157 Å². The van der Waals surface area contributed by atoms with Crippen LogP contribution >= 0.6 is 12.4 Å². The van der Waals surface area contributed by atoms with Gasteiger partial charge in [-0.1, -0.05) is 13.8 Å². The van der Waals surface area contributed by atoms with Crippen molar-refractivity contribution in [2.45, 2.75) is 43.3 Å². The summed E-state index contributed by atoms with van der Waals surface area (Å²) in [7, 11) is -3.83. The number of rotatable bonds is 8. The number of nitrogens with two attached hydrogens (primary N) is 1. The fourth-order valence-corrected chi connectivity index (χ4v) is 3.03. The van der Waals surface area contributed by atoms with Crippen molar-refractivity contribution in [3.63, 3.8) is 0 Å². The Morgan fingerprint density at radius 1 is 1.08 bits per heavy atom. The first kappa shape index (κ1) is 24.6. The molecule has 0 atom stereocenters. The van der Waals surface area contributed by atoms with Crippen molar-refractivity contribution in [3.05, 3.63) is 29.8 Å². The summed E-state index contributed by atoms with van der Waals surface area (Å²) in [5.74, 6) is -0.938. The number of nitrogens with one attached hydrogen (secondary N) is 2. The molecule has 0 saturated heterocycles. The molecule has 0 aromatic heterocycles. The van der Waals surface area contributed by atoms with Crippen LogP contribution in [0.15, 0.2) is 29.2 Å². The zero-order valence-corrected chi connectivity index (χ0v) is 16.0. The number of sulfonamides is 1. The minimum absolute atomic E-state index is 0. The van der Waals surface area contributed by atoms with Crippen LogP contribution in [0.3, 0.4) is 0 Å². The molecule has 0 aliphatic rings. The van der Waals surface area contributed by atoms with Crippen LogP contribution < -0.4 is 15.8 Å². The fraction of sp³-hybridized carbons (Fsp3) is 0.533. The molecule has 1 aromatic carbocycles. The second-order valence-corrected chi connectivity index (χ2v) is 7.48. The minimum Gasteiger partial charge on any atom is -0.343 e. The first-order chi connectivity index (χ1) is 11.4. The molecule has 4 N–H and O–H groups in total. The highest BCUT2D eigenvalue weighted by atomic mass is 35.5. The molecule has 1 aromatic rings. The number of hydrogen-bond donors (Lipinski definition) is 3. The van der Waals surface area contributed by atoms with Gasteiger partial charge >= 0.3 is 6.18 Å². The molecule has 0 heterocycles. The maximum atomic E-state index is 12.2. The molecule has 26 heavy (non-hydrogen) atoms. The molecule has 1 amide bonds. The van der Waals surface area contributed by atoms with Gasteiger partial charge in [0.1, 0.15) is 6.54 Å². The maximum absolute atomic E-state index is 12.2. The molecule has 0 bridgehead atoms. The molecule has 150 valence electrons. The van der Waals surface area contributed by atoms with Gasteiger partial charge in [-0.25, -0.2) is 13.1 Å². The predicted octanol–water partition coefficient (Wildman–Crippen LogP) is 2.20. The van der Waals surface area contributed by atoms with Gasteiger partial charge in [0.15, 0.2) is 0 Å². The molecule has 1 rings (SSSR count). The van der Waals surface area contributed by atoms with E-state index in [-0.39, 0.29) is 29.4 Å². The van der Waals surface area contributed by atoms with Gasteiger partial charge in [0, 0.05) is 17.6 Å². The fourth-order valence-electron chi connectivity index (χ4n) is 1.89. The molecule has 6 nitrogen and oxygen atoms in total. The van der Waals surface area contributed by atoms with Crippen molar-refractivity contribution in [1.29, 1.82) is 0 Å². The SMILES string of the molecule is CCC(N)(CC)CNS(=O)(=O)c1ccc(C(=O)NCC(F)(F)F)cc1.Cl. The Morgan fingerprint density at radius 3 is 2.00 bits per heavy atom. The van der Waals surface area contributed by atoms with Crippen molar-refractivity contribution in [2.75, 3.05) is 13.1 Å². The first-order valence-electron chi connectivity index (χ1n) is 7.66. The first-order valence-corrected chi connectivity index (χ1v) is 9.14. The minimum atomic E-state index is -4.52. The number of alkyl halides is 3. The summed E-state index contributed by atoms with van der Waals surface area (Å²) in [5, 5.41) is 1.71. The lowest BCUT2D eigenvalue weighted by Crippen LogP contribution is -2.49. The average molecular weight is 418 g/mol. The zero-order valence-electron chi connectivity index (χ0n) is 14.4. The lowest BCUT2D eigenvalue weighted by molar-refractivity contribution is -0.123. The number of amides is 1. The van der Waals surface area contributed by atoms with Crippen LogP contribution in [0.25, 0.3) is 0 Å². The molecular formula is C15H23ClF3N3O3S. The van der Waals surface area contributed by atoms with E-state index < -0.39 is 34.2 Å². The van der Waals surface area contributed by atoms with Gasteiger partial charge in [0.2, 0.25) is 10.0 Å². The smallest absolute Gasteiger partial charge is 0.343 e. The van der Waals surface area contributed by atoms with Crippen molar-refractivity contribution in [2.24, 2.45) is 5.73 Å².